The largest absolute Gasteiger partial charge is 0.330 e. The van der Waals surface area contributed by atoms with E-state index < -0.39 is 17.6 Å². The summed E-state index contributed by atoms with van der Waals surface area (Å²) in [6.45, 7) is 17.0. The van der Waals surface area contributed by atoms with Crippen molar-refractivity contribution in [1.82, 2.24) is 75.5 Å². The molecule has 30 nitrogen and oxygen atoms in total. The number of carbonyl (C=O) groups excluding carboxylic acids is 9. The van der Waals surface area contributed by atoms with Crippen molar-refractivity contribution in [3.8, 4) is 0 Å². The van der Waals surface area contributed by atoms with Gasteiger partial charge in [0.2, 0.25) is 17.7 Å². The topological polar surface area (TPSA) is 357 Å². The van der Waals surface area contributed by atoms with Crippen LogP contribution in [0.25, 0.3) is 0 Å². The summed E-state index contributed by atoms with van der Waals surface area (Å²) in [5.74, 6) is -1.01. The summed E-state index contributed by atoms with van der Waals surface area (Å²) in [5, 5.41) is 45.8. The molecular weight excluding hydrogens is 1560 g/mol. The number of carbonyl (C=O) groups is 9. The summed E-state index contributed by atoms with van der Waals surface area (Å²) in [6, 6.07) is 66.7. The van der Waals surface area contributed by atoms with E-state index in [9.17, 15) is 43.2 Å². The molecule has 12 amide bonds. The number of nitrogens with zero attached hydrogens (tertiary/aromatic N) is 10. The first kappa shape index (κ1) is 87.4. The Morgan fingerprint density at radius 3 is 1.14 bits per heavy atom. The Balaban J connectivity index is 0.000000169. The van der Waals surface area contributed by atoms with Gasteiger partial charge in [0.25, 0.3) is 17.7 Å². The van der Waals surface area contributed by atoms with Gasteiger partial charge in [-0.3, -0.25) is 43.6 Å². The average molecular weight is 1660 g/mol. The third kappa shape index (κ3) is 21.4. The molecule has 0 saturated carbocycles. The van der Waals surface area contributed by atoms with Crippen LogP contribution in [0.15, 0.2) is 262 Å². The molecule has 3 aliphatic heterocycles. The molecule has 0 spiro atoms. The fourth-order valence-electron chi connectivity index (χ4n) is 15.1. The van der Waals surface area contributed by atoms with Crippen molar-refractivity contribution in [3.63, 3.8) is 0 Å². The number of amides is 12. The number of urea groups is 3. The van der Waals surface area contributed by atoms with E-state index in [2.05, 4.69) is 93.1 Å². The molecule has 123 heavy (non-hydrogen) atoms. The van der Waals surface area contributed by atoms with Gasteiger partial charge in [0.15, 0.2) is 17.5 Å². The highest BCUT2D eigenvalue weighted by molar-refractivity contribution is 6.08. The van der Waals surface area contributed by atoms with Crippen molar-refractivity contribution in [3.05, 3.63) is 341 Å². The highest BCUT2D eigenvalue weighted by Crippen LogP contribution is 2.45. The molecular formula is C93H101N21O9. The maximum absolute atomic E-state index is 13.9. The Hall–Kier alpha value is -14.9. The molecule has 11 N–H and O–H groups in total. The van der Waals surface area contributed by atoms with Gasteiger partial charge in [0.05, 0.1) is 60.4 Å². The van der Waals surface area contributed by atoms with E-state index in [4.69, 9.17) is 0 Å². The predicted octanol–water partition coefficient (Wildman–Crippen LogP) is 13.3. The zero-order valence-electron chi connectivity index (χ0n) is 70.0. The highest BCUT2D eigenvalue weighted by Gasteiger charge is 2.47. The van der Waals surface area contributed by atoms with Crippen molar-refractivity contribution >= 4 is 88.1 Å². The average Bonchev–Trinajstić information content (AvgIpc) is 1.60. The summed E-state index contributed by atoms with van der Waals surface area (Å²) >= 11 is 0. The molecule has 3 aromatic heterocycles. The van der Waals surface area contributed by atoms with E-state index in [1.165, 1.54) is 12.2 Å². The van der Waals surface area contributed by atoms with Crippen molar-refractivity contribution in [2.75, 3.05) is 93.8 Å². The van der Waals surface area contributed by atoms with Crippen LogP contribution in [0.3, 0.4) is 0 Å². The molecule has 0 unspecified atom stereocenters. The van der Waals surface area contributed by atoms with Gasteiger partial charge < -0.3 is 77.3 Å². The first-order valence-corrected chi connectivity index (χ1v) is 39.8. The maximum Gasteiger partial charge on any atom is 0.319 e. The smallest absolute Gasteiger partial charge is 0.319 e. The lowest BCUT2D eigenvalue weighted by Crippen LogP contribution is -2.49. The monoisotopic (exact) mass is 1660 g/mol. The number of benzene rings is 8. The normalized spacial score (nSPS) is 14.6. The number of aromatic amines is 2. The van der Waals surface area contributed by atoms with Crippen molar-refractivity contribution < 1.29 is 43.2 Å². The summed E-state index contributed by atoms with van der Waals surface area (Å²) < 4.78 is 1.72. The Bertz CT molecular complexity index is 5380. The van der Waals surface area contributed by atoms with E-state index in [1.54, 1.807) is 92.2 Å². The number of H-pyrrole nitrogens is 2. The molecule has 0 radical (unpaired) electrons. The van der Waals surface area contributed by atoms with Gasteiger partial charge in [0.1, 0.15) is 12.1 Å². The van der Waals surface area contributed by atoms with Crippen LogP contribution in [0.1, 0.15) is 137 Å². The Morgan fingerprint density at radius 1 is 0.415 bits per heavy atom. The predicted molar refractivity (Wildman–Crippen MR) is 475 cm³/mol. The molecule has 0 bridgehead atoms. The van der Waals surface area contributed by atoms with Crippen molar-refractivity contribution in [1.29, 1.82) is 0 Å². The lowest BCUT2D eigenvalue weighted by Gasteiger charge is -2.34. The first-order valence-electron chi connectivity index (χ1n) is 39.8. The van der Waals surface area contributed by atoms with Gasteiger partial charge in [-0.05, 0) is 169 Å². The van der Waals surface area contributed by atoms with Crippen LogP contribution in [0.2, 0.25) is 0 Å². The first-order chi connectivity index (χ1) is 59.2. The maximum atomic E-state index is 13.9. The number of aromatic nitrogens is 6. The zero-order valence-corrected chi connectivity index (χ0v) is 70.0. The molecule has 14 rings (SSSR count). The van der Waals surface area contributed by atoms with E-state index >= 15 is 0 Å². The second kappa shape index (κ2) is 39.8. The van der Waals surface area contributed by atoms with E-state index in [1.807, 2.05) is 230 Å². The van der Waals surface area contributed by atoms with Crippen LogP contribution < -0.4 is 47.9 Å². The van der Waals surface area contributed by atoms with Gasteiger partial charge in [-0.25, -0.2) is 14.4 Å². The van der Waals surface area contributed by atoms with Crippen LogP contribution >= 0.6 is 0 Å². The Kier molecular flexibility index (Phi) is 28.3. The SMILES string of the molecule is C=CC(=O)Nc1ccc(C(=O)Nc2n[nH]c3c2CN(C(=O)N[C@H](CN(C)C)c2ccccc2)[C@@H]3c2ccccc2)cc1.C=CC(=O)Nc1ccc(C(=O)Nc2n[nH]c3c2CN(C(=O)N[C@H](CN(C)C)c2ccccc2)[C@H]3c2ccccc2)cc1.C=CC(=O)Nc1cccc(C(=O)Nc2nn(C)c3c2CN(C(=O)N[C@H](CN(C)C)c2ccccc2)C3(C)C)c1. The van der Waals surface area contributed by atoms with Crippen LogP contribution in [-0.4, -0.2) is 175 Å². The molecule has 30 heteroatoms. The van der Waals surface area contributed by atoms with Crippen molar-refractivity contribution in [2.45, 2.75) is 69.2 Å². The summed E-state index contributed by atoms with van der Waals surface area (Å²) in [6.07, 6.45) is 3.51. The van der Waals surface area contributed by atoms with Gasteiger partial charge in [0, 0.05) is 77.1 Å². The molecule has 8 aromatic carbocycles. The minimum absolute atomic E-state index is 0.195. The summed E-state index contributed by atoms with van der Waals surface area (Å²) in [5.41, 5.74) is 11.6. The van der Waals surface area contributed by atoms with E-state index in [-0.39, 0.29) is 91.3 Å². The molecule has 632 valence electrons. The van der Waals surface area contributed by atoms with E-state index in [0.29, 0.717) is 70.8 Å². The molecule has 11 aromatic rings. The van der Waals surface area contributed by atoms with Crippen LogP contribution in [-0.2, 0) is 46.6 Å². The van der Waals surface area contributed by atoms with Crippen molar-refractivity contribution in [2.24, 2.45) is 7.05 Å². The van der Waals surface area contributed by atoms with Crippen LogP contribution in [0, 0.1) is 0 Å². The number of nitrogens with one attached hydrogen (secondary N) is 11. The Morgan fingerprint density at radius 2 is 0.764 bits per heavy atom. The number of hydrogen-bond acceptors (Lipinski definition) is 15. The molecule has 6 heterocycles. The standard InChI is InChI=1S/2C32H33N7O3.C29H35N7O3/c2*1-4-27(40)33-24-17-15-23(16-18-24)31(41)35-30-25-19-39(29(28(25)36-37-30)22-13-9-6-10-14-22)32(42)34-26(20-38(2)3)21-11-7-5-8-12-21;1-7-24(37)30-21-15-11-14-20(16-21)27(38)32-26-22-17-36(29(2,3)25(22)35(6)33-26)28(39)31-23(18-34(4)5)19-12-9-8-10-13-19/h2*4-18,26,29H,1,19-20H2,2-3H3,(H,33,40)(H,34,42)(H2,35,36,37,41);7-16,23H,1,17-18H2,2-6H3,(H,30,37)(H,31,39)(H,32,33,38)/t26-,29+;26-,29-;23-/m111/s1. The zero-order chi connectivity index (χ0) is 87.6. The molecule has 3 aliphatic rings. The molecule has 0 fully saturated rings. The molecule has 5 atom stereocenters. The number of hydrogen-bond donors (Lipinski definition) is 11. The second-order valence-corrected chi connectivity index (χ2v) is 31.0. The fraction of sp³-hybridized carbons (Fsp3) is 0.226. The number of anilines is 6. The van der Waals surface area contributed by atoms with Crippen LogP contribution in [0.4, 0.5) is 48.9 Å². The summed E-state index contributed by atoms with van der Waals surface area (Å²) in [4.78, 5) is 127. The van der Waals surface area contributed by atoms with Gasteiger partial charge >= 0.3 is 18.1 Å². The minimum atomic E-state index is -0.668. The van der Waals surface area contributed by atoms with Gasteiger partial charge in [-0.1, -0.05) is 177 Å². The quantitative estimate of drug-likeness (QED) is 0.0224. The van der Waals surface area contributed by atoms with Crippen LogP contribution in [0.5, 0.6) is 0 Å². The molecule has 0 aliphatic carbocycles. The van der Waals surface area contributed by atoms with E-state index in [0.717, 1.165) is 67.7 Å². The summed E-state index contributed by atoms with van der Waals surface area (Å²) in [7, 11) is 13.6. The number of fused-ring (bicyclic) bond motifs is 3. The highest BCUT2D eigenvalue weighted by atomic mass is 16.2. The third-order valence-corrected chi connectivity index (χ3v) is 21.0. The molecule has 0 saturated heterocycles. The number of aryl methyl sites for hydroxylation is 1. The van der Waals surface area contributed by atoms with Gasteiger partial charge in [-0.2, -0.15) is 15.3 Å². The lowest BCUT2D eigenvalue weighted by atomic mass is 10.0. The lowest BCUT2D eigenvalue weighted by molar-refractivity contribution is -0.112. The Labute approximate surface area is 713 Å². The number of rotatable bonds is 26. The van der Waals surface area contributed by atoms with Gasteiger partial charge in [-0.15, -0.1) is 0 Å². The number of likely N-dealkylation sites (N-methyl/N-ethyl adjacent to an activating group) is 3. The second-order valence-electron chi connectivity index (χ2n) is 31.0. The third-order valence-electron chi connectivity index (χ3n) is 21.0. The fourth-order valence-corrected chi connectivity index (χ4v) is 15.1. The minimum Gasteiger partial charge on any atom is -0.330 e.